The van der Waals surface area contributed by atoms with Crippen molar-refractivity contribution in [3.63, 3.8) is 0 Å². The van der Waals surface area contributed by atoms with Gasteiger partial charge >= 0.3 is 88.7 Å². The zero-order chi connectivity index (χ0) is 86.2. The molecule has 0 amide bonds. The maximum atomic E-state index is 13.2. The van der Waals surface area contributed by atoms with Gasteiger partial charge in [-0.3, -0.25) is 102 Å². The summed E-state index contributed by atoms with van der Waals surface area (Å²) >= 11 is 0. The average Bonchev–Trinajstić information content (AvgIpc) is 1.63. The van der Waals surface area contributed by atoms with Gasteiger partial charge in [-0.15, -0.1) is 0 Å². The molecule has 6 aromatic heterocycles. The maximum Gasteiger partial charge on any atom is 0.473 e. The van der Waals surface area contributed by atoms with Gasteiger partial charge in [-0.25, -0.2) is 66.3 Å². The van der Waals surface area contributed by atoms with E-state index in [1.165, 1.54) is 26.4 Å². The number of phosphoric acid groups is 6. The lowest BCUT2D eigenvalue weighted by molar-refractivity contribution is -0.173. The van der Waals surface area contributed by atoms with E-state index in [9.17, 15) is 110 Å². The minimum absolute atomic E-state index is 0.00920. The molecule has 0 radical (unpaired) electrons. The Hall–Kier alpha value is -8.72. The van der Waals surface area contributed by atoms with Crippen LogP contribution < -0.4 is 33.9 Å². The Bertz CT molecular complexity index is 5030. The number of carbonyl (C=O) groups is 7. The molecule has 646 valence electrons. The highest BCUT2D eigenvalue weighted by Gasteiger charge is 2.53. The number of methoxy groups -OCH3 is 7. The highest BCUT2D eigenvalue weighted by atomic mass is 31.2. The van der Waals surface area contributed by atoms with Gasteiger partial charge in [-0.1, -0.05) is 0 Å². The number of esters is 7. The van der Waals surface area contributed by atoms with Gasteiger partial charge in [0.05, 0.1) is 101 Å². The Labute approximate surface area is 645 Å². The Kier molecular flexibility index (Phi) is 32.7. The van der Waals surface area contributed by atoms with Gasteiger partial charge < -0.3 is 98.8 Å². The fourth-order valence-corrected chi connectivity index (χ4v) is 14.9. The summed E-state index contributed by atoms with van der Waals surface area (Å²) in [5.41, 5.74) is 11.7. The number of hydrogen-bond acceptors (Lipinski definition) is 46. The number of imidazole rings is 3. The molecular formula is C51H73N15O44P6. The number of nitrogens with one attached hydrogen (secondary N) is 3. The van der Waals surface area contributed by atoms with Crippen LogP contribution in [0.4, 0.5) is 17.8 Å². The Morgan fingerprint density at radius 2 is 0.698 bits per heavy atom. The third-order valence-electron chi connectivity index (χ3n) is 15.3. The minimum atomic E-state index is -5.48. The summed E-state index contributed by atoms with van der Waals surface area (Å²) in [7, 11) is -23.1. The second kappa shape index (κ2) is 40.2. The van der Waals surface area contributed by atoms with Crippen LogP contribution >= 0.6 is 46.9 Å². The summed E-state index contributed by atoms with van der Waals surface area (Å²) in [6, 6.07) is 0. The standard InChI is InChI=1S/C22H31N5O18P2.C16H23N5O14P2.C13H19N5O12P2/c1-37-14(28)6-22(20(32)40-4,7-15(29)38-2)45-47(35,36)41-8-12-11(44-46(33,34)42-9-16(30)39-3)5-13(43-12)27-10-24-17-18(27)25-21(23)26-19(17)31;1-29-11(22)5-32-36(25,26)31-4-9-8(35-37(27,28)33-6-12(23)30-2)3-10(34-9)21-7-18-13-14(21)19-16(17)20-15(13)24;1-26-9(19)4-28-32(24,25)27-3-7-6(30-31(21,22)23)2-8(29-7)18-5-15-10-11(18)16-13(14)17-12(10)20/h10-13H,5-9H2,1-4H3,(H,33,34)(H,35,36)(H3,23,25,26,31);7-10H,3-6H2,1-2H3,(H,25,26)(H,27,28)(H3,17,19,20,24);5-8H,2-4H2,1H3,(H,24,25)(H2,21,22,23)(H3,14,16,17,20)/t11?,12-,13-;8?,9-,10-;6?,7-,8-/m111/s1. The fraction of sp³-hybridized carbons (Fsp3) is 0.569. The molecule has 3 aliphatic heterocycles. The van der Waals surface area contributed by atoms with E-state index in [1.807, 2.05) is 0 Å². The topological polar surface area (TPSA) is 826 Å². The monoisotopic (exact) mass is 1790 g/mol. The van der Waals surface area contributed by atoms with E-state index in [2.05, 4.69) is 96.1 Å². The number of anilines is 3. The molecule has 0 spiro atoms. The van der Waals surface area contributed by atoms with E-state index in [-0.39, 0.29) is 70.6 Å². The number of aromatic amines is 3. The SMILES string of the molecule is COC(=O)COP(=O)(O)OC1C[C@H](n2cnc3c(=O)[nH]c(N)nc32)O[C@@H]1COP(=O)(O)OC(CC(=O)OC)(CC(=O)OC)C(=O)OC.COC(=O)COP(=O)(O)OC[C@H]1O[C@@H](n2cnc3c(=O)[nH]c(N)nc32)CC1OP(=O)(O)O.COC(=O)COP(=O)(O)OC[C@H]1O[C@@H](n2cnc3c(=O)[nH]c(N)nc32)CC1OP(=O)(O)OCC(=O)OC. The van der Waals surface area contributed by atoms with Gasteiger partial charge in [0, 0.05) is 19.3 Å². The Balaban J connectivity index is 0.000000245. The molecule has 8 unspecified atom stereocenters. The number of phosphoric ester groups is 6. The average molecular weight is 1790 g/mol. The van der Waals surface area contributed by atoms with Gasteiger partial charge in [0.15, 0.2) is 65.5 Å². The summed E-state index contributed by atoms with van der Waals surface area (Å²) in [6.07, 6.45) is -10.9. The highest BCUT2D eigenvalue weighted by Crippen LogP contribution is 2.54. The molecule has 3 saturated heterocycles. The third-order valence-corrected chi connectivity index (χ3v) is 20.7. The van der Waals surface area contributed by atoms with Crippen LogP contribution in [0.5, 0.6) is 0 Å². The molecule has 6 aromatic rings. The lowest BCUT2D eigenvalue weighted by Gasteiger charge is -2.30. The molecule has 116 heavy (non-hydrogen) atoms. The predicted molar refractivity (Wildman–Crippen MR) is 368 cm³/mol. The quantitative estimate of drug-likeness (QED) is 0.0103. The first-order valence-corrected chi connectivity index (χ1v) is 40.8. The first kappa shape index (κ1) is 94.4. The number of nitrogens with zero attached hydrogens (tertiary/aromatic N) is 9. The van der Waals surface area contributed by atoms with Crippen molar-refractivity contribution >= 4 is 140 Å². The van der Waals surface area contributed by atoms with Gasteiger partial charge in [-0.2, -0.15) is 15.0 Å². The molecule has 0 bridgehead atoms. The van der Waals surface area contributed by atoms with Crippen LogP contribution in [0.3, 0.4) is 0 Å². The molecule has 0 aromatic carbocycles. The number of H-pyrrole nitrogens is 3. The minimum Gasteiger partial charge on any atom is -0.469 e. The van der Waals surface area contributed by atoms with Crippen molar-refractivity contribution in [3.8, 4) is 0 Å². The van der Waals surface area contributed by atoms with Gasteiger partial charge in [0.1, 0.15) is 55.3 Å². The van der Waals surface area contributed by atoms with Crippen LogP contribution in [0.25, 0.3) is 33.5 Å². The van der Waals surface area contributed by atoms with Crippen LogP contribution in [-0.2, 0) is 158 Å². The number of hydrogen-bond donors (Lipinski definition) is 13. The fourth-order valence-electron chi connectivity index (χ4n) is 10.1. The van der Waals surface area contributed by atoms with Crippen molar-refractivity contribution < 1.29 is 192 Å². The van der Waals surface area contributed by atoms with Crippen molar-refractivity contribution in [2.45, 2.75) is 93.0 Å². The Morgan fingerprint density at radius 3 is 0.974 bits per heavy atom. The van der Waals surface area contributed by atoms with Gasteiger partial charge in [0.2, 0.25) is 17.8 Å². The molecule has 14 atom stereocenters. The molecule has 0 saturated carbocycles. The first-order valence-electron chi connectivity index (χ1n) is 31.8. The summed E-state index contributed by atoms with van der Waals surface area (Å²) in [5, 5.41) is 0. The summed E-state index contributed by atoms with van der Waals surface area (Å²) in [4.78, 5) is 217. The van der Waals surface area contributed by atoms with E-state index < -0.39 is 225 Å². The van der Waals surface area contributed by atoms with Crippen molar-refractivity contribution in [1.29, 1.82) is 0 Å². The molecule has 0 aliphatic carbocycles. The molecule has 9 rings (SSSR count). The normalized spacial score (nSPS) is 22.1. The highest BCUT2D eigenvalue weighted by molar-refractivity contribution is 7.48. The molecule has 16 N–H and O–H groups in total. The third kappa shape index (κ3) is 26.6. The second-order valence-electron chi connectivity index (χ2n) is 23.1. The van der Waals surface area contributed by atoms with Gasteiger partial charge in [-0.05, 0) is 0 Å². The molecule has 3 aliphatic rings. The largest absolute Gasteiger partial charge is 0.473 e. The first-order chi connectivity index (χ1) is 54.2. The van der Waals surface area contributed by atoms with Crippen LogP contribution in [0.2, 0.25) is 0 Å². The lowest BCUT2D eigenvalue weighted by Crippen LogP contribution is -2.46. The van der Waals surface area contributed by atoms with Crippen molar-refractivity contribution in [3.05, 3.63) is 50.0 Å². The zero-order valence-corrected chi connectivity index (χ0v) is 66.0. The maximum absolute atomic E-state index is 13.2. The van der Waals surface area contributed by atoms with Gasteiger partial charge in [0.25, 0.3) is 16.7 Å². The van der Waals surface area contributed by atoms with E-state index in [1.54, 1.807) is 0 Å². The number of carbonyl (C=O) groups excluding carboxylic acids is 7. The molecule has 59 nitrogen and oxygen atoms in total. The van der Waals surface area contributed by atoms with Crippen LogP contribution in [0.15, 0.2) is 33.4 Å². The number of fused-ring (bicyclic) bond motifs is 3. The number of aromatic nitrogens is 12. The zero-order valence-electron chi connectivity index (χ0n) is 60.6. The second-order valence-corrected chi connectivity index (χ2v) is 31.3. The number of rotatable bonds is 37. The number of nitrogens with two attached hydrogens (primary N) is 3. The molecule has 9 heterocycles. The van der Waals surface area contributed by atoms with E-state index in [0.29, 0.717) is 0 Å². The van der Waals surface area contributed by atoms with Crippen molar-refractivity contribution in [1.82, 2.24) is 58.6 Å². The van der Waals surface area contributed by atoms with Crippen LogP contribution in [-0.4, -0.2) is 273 Å². The van der Waals surface area contributed by atoms with E-state index in [0.717, 1.165) is 56.1 Å². The summed E-state index contributed by atoms with van der Waals surface area (Å²) in [6.45, 7) is -6.10. The molecule has 65 heteroatoms. The predicted octanol–water partition coefficient (Wildman–Crippen LogP) is -3.42. The van der Waals surface area contributed by atoms with Crippen LogP contribution in [0, 0.1) is 0 Å². The lowest BCUT2D eigenvalue weighted by atomic mass is 9.95. The summed E-state index contributed by atoms with van der Waals surface area (Å²) in [5.74, 6) is -8.30. The van der Waals surface area contributed by atoms with E-state index >= 15 is 0 Å². The smallest absolute Gasteiger partial charge is 0.469 e. The molecular weight excluding hydrogens is 1710 g/mol. The van der Waals surface area contributed by atoms with Crippen molar-refractivity contribution in [2.75, 3.05) is 113 Å². The van der Waals surface area contributed by atoms with Crippen molar-refractivity contribution in [2.24, 2.45) is 0 Å². The van der Waals surface area contributed by atoms with E-state index in [4.69, 9.17) is 63.1 Å². The number of ether oxygens (including phenoxy) is 10. The number of nitrogen functional groups attached to an aromatic ring is 3. The molecule has 3 fully saturated rings. The van der Waals surface area contributed by atoms with Crippen LogP contribution in [0.1, 0.15) is 50.8 Å². The summed E-state index contributed by atoms with van der Waals surface area (Å²) < 4.78 is 178. The Morgan fingerprint density at radius 1 is 0.422 bits per heavy atom.